The molecule has 0 aromatic heterocycles. The van der Waals surface area contributed by atoms with E-state index in [0.717, 1.165) is 16.7 Å². The summed E-state index contributed by atoms with van der Waals surface area (Å²) in [5.74, 6) is 0.267. The number of nitrogens with one attached hydrogen (secondary N) is 1. The average Bonchev–Trinajstić information content (AvgIpc) is 3.02. The fraction of sp³-hybridized carbons (Fsp3) is 0.0833. The first-order valence-electron chi connectivity index (χ1n) is 9.65. The summed E-state index contributed by atoms with van der Waals surface area (Å²) in [4.78, 5) is 26.3. The smallest absolute Gasteiger partial charge is 0.329 e. The van der Waals surface area contributed by atoms with Gasteiger partial charge in [0.2, 0.25) is 0 Å². The third-order valence-corrected chi connectivity index (χ3v) is 6.20. The van der Waals surface area contributed by atoms with E-state index in [2.05, 4.69) is 37.2 Å². The first kappa shape index (κ1) is 22.6. The van der Waals surface area contributed by atoms with Crippen LogP contribution in [0.2, 0.25) is 5.02 Å². The van der Waals surface area contributed by atoms with E-state index >= 15 is 0 Å². The summed E-state index contributed by atoms with van der Waals surface area (Å²) in [6.07, 6.45) is 1.64. The van der Waals surface area contributed by atoms with Gasteiger partial charge in [-0.25, -0.2) is 4.79 Å². The molecule has 0 atom stereocenters. The minimum Gasteiger partial charge on any atom is -0.487 e. The number of halogens is 3. The predicted octanol–water partition coefficient (Wildman–Crippen LogP) is 6.54. The lowest BCUT2D eigenvalue weighted by molar-refractivity contribution is -0.123. The molecular weight excluding hydrogens is 560 g/mol. The predicted molar refractivity (Wildman–Crippen MR) is 131 cm³/mol. The third kappa shape index (κ3) is 5.23. The number of benzene rings is 3. The zero-order valence-corrected chi connectivity index (χ0v) is 20.6. The van der Waals surface area contributed by atoms with Crippen molar-refractivity contribution in [3.05, 3.63) is 103 Å². The number of carbonyl (C=O) groups is 2. The minimum absolute atomic E-state index is 0.216. The second kappa shape index (κ2) is 9.90. The molecule has 1 N–H and O–H groups in total. The molecule has 3 aromatic rings. The fourth-order valence-corrected chi connectivity index (χ4v) is 4.76. The van der Waals surface area contributed by atoms with Gasteiger partial charge in [-0.05, 0) is 78.9 Å². The van der Waals surface area contributed by atoms with Crippen molar-refractivity contribution in [3.63, 3.8) is 0 Å². The molecule has 1 saturated heterocycles. The summed E-state index contributed by atoms with van der Waals surface area (Å²) in [7, 11) is 0. The maximum atomic E-state index is 12.8. The molecule has 0 unspecified atom stereocenters. The zero-order chi connectivity index (χ0) is 22.7. The molecule has 32 heavy (non-hydrogen) atoms. The molecule has 0 aliphatic carbocycles. The van der Waals surface area contributed by atoms with Crippen molar-refractivity contribution in [1.29, 1.82) is 0 Å². The van der Waals surface area contributed by atoms with Crippen molar-refractivity contribution in [3.8, 4) is 5.75 Å². The SMILES string of the molecule is O=C1N/C(=C/c2cc(Br)c(OCc3ccc(Cl)cc3)c(Br)c2)C(=O)N1Cc1ccccc1. The number of imide groups is 1. The molecule has 1 aliphatic heterocycles. The zero-order valence-electron chi connectivity index (χ0n) is 16.6. The Kier molecular flexibility index (Phi) is 6.98. The van der Waals surface area contributed by atoms with Crippen molar-refractivity contribution in [1.82, 2.24) is 10.2 Å². The Morgan fingerprint density at radius 3 is 2.25 bits per heavy atom. The normalized spacial score (nSPS) is 14.7. The Bertz CT molecular complexity index is 1170. The second-order valence-electron chi connectivity index (χ2n) is 7.09. The van der Waals surface area contributed by atoms with Crippen LogP contribution < -0.4 is 10.1 Å². The summed E-state index contributed by atoms with van der Waals surface area (Å²) in [5.41, 5.74) is 2.81. The highest BCUT2D eigenvalue weighted by Crippen LogP contribution is 2.36. The second-order valence-corrected chi connectivity index (χ2v) is 9.24. The van der Waals surface area contributed by atoms with Gasteiger partial charge in [-0.1, -0.05) is 54.1 Å². The van der Waals surface area contributed by atoms with Gasteiger partial charge < -0.3 is 10.1 Å². The maximum absolute atomic E-state index is 12.8. The molecule has 1 aliphatic rings. The van der Waals surface area contributed by atoms with E-state index in [-0.39, 0.29) is 18.1 Å². The number of urea groups is 1. The Hall–Kier alpha value is -2.61. The van der Waals surface area contributed by atoms with Gasteiger partial charge in [0.1, 0.15) is 18.1 Å². The number of nitrogens with zero attached hydrogens (tertiary/aromatic N) is 1. The number of hydrogen-bond donors (Lipinski definition) is 1. The van der Waals surface area contributed by atoms with Crippen molar-refractivity contribution in [2.24, 2.45) is 0 Å². The van der Waals surface area contributed by atoms with Crippen LogP contribution in [0.25, 0.3) is 6.08 Å². The maximum Gasteiger partial charge on any atom is 0.329 e. The molecular formula is C24H17Br2ClN2O3. The number of ether oxygens (including phenoxy) is 1. The molecule has 0 radical (unpaired) electrons. The summed E-state index contributed by atoms with van der Waals surface area (Å²) in [6.45, 7) is 0.589. The lowest BCUT2D eigenvalue weighted by Gasteiger charge is -2.12. The monoisotopic (exact) mass is 574 g/mol. The van der Waals surface area contributed by atoms with E-state index in [1.165, 1.54) is 4.90 Å². The van der Waals surface area contributed by atoms with Crippen molar-refractivity contribution in [2.45, 2.75) is 13.2 Å². The Morgan fingerprint density at radius 1 is 0.938 bits per heavy atom. The highest BCUT2D eigenvalue weighted by Gasteiger charge is 2.33. The van der Waals surface area contributed by atoms with Crippen LogP contribution in [0.5, 0.6) is 5.75 Å². The van der Waals surface area contributed by atoms with Crippen LogP contribution in [-0.4, -0.2) is 16.8 Å². The molecule has 4 rings (SSSR count). The van der Waals surface area contributed by atoms with E-state index in [4.69, 9.17) is 16.3 Å². The van der Waals surface area contributed by atoms with E-state index < -0.39 is 6.03 Å². The van der Waals surface area contributed by atoms with Crippen molar-refractivity contribution >= 4 is 61.5 Å². The van der Waals surface area contributed by atoms with Crippen molar-refractivity contribution in [2.75, 3.05) is 0 Å². The van der Waals surface area contributed by atoms with Crippen LogP contribution in [0, 0.1) is 0 Å². The molecule has 0 bridgehead atoms. The minimum atomic E-state index is -0.439. The molecule has 0 spiro atoms. The van der Waals surface area contributed by atoms with Gasteiger partial charge in [0.25, 0.3) is 5.91 Å². The molecule has 1 fully saturated rings. The standard InChI is InChI=1S/C24H17Br2ClN2O3/c25-19-10-17(11-20(26)22(19)32-14-16-6-8-18(27)9-7-16)12-21-23(30)29(24(31)28-21)13-15-4-2-1-3-5-15/h1-12H,13-14H2,(H,28,31)/b21-12+. The third-order valence-electron chi connectivity index (χ3n) is 4.77. The molecule has 3 amide bonds. The van der Waals surface area contributed by atoms with E-state index in [0.29, 0.717) is 26.3 Å². The molecule has 8 heteroatoms. The van der Waals surface area contributed by atoms with Crippen LogP contribution in [0.4, 0.5) is 4.79 Å². The molecule has 162 valence electrons. The summed E-state index contributed by atoms with van der Waals surface area (Å²) in [6, 6.07) is 20.0. The van der Waals surface area contributed by atoms with Gasteiger partial charge in [-0.2, -0.15) is 0 Å². The highest BCUT2D eigenvalue weighted by molar-refractivity contribution is 9.11. The number of carbonyl (C=O) groups excluding carboxylic acids is 2. The van der Waals surface area contributed by atoms with Crippen molar-refractivity contribution < 1.29 is 14.3 Å². The lowest BCUT2D eigenvalue weighted by atomic mass is 10.1. The highest BCUT2D eigenvalue weighted by atomic mass is 79.9. The molecule has 3 aromatic carbocycles. The first-order valence-corrected chi connectivity index (χ1v) is 11.6. The van der Waals surface area contributed by atoms with Gasteiger partial charge in [0.15, 0.2) is 0 Å². The number of amides is 3. The molecule has 5 nitrogen and oxygen atoms in total. The molecule has 0 saturated carbocycles. The van der Waals surface area contributed by atoms with Gasteiger partial charge in [0.05, 0.1) is 15.5 Å². The van der Waals surface area contributed by atoms with Gasteiger partial charge in [-0.3, -0.25) is 9.69 Å². The fourth-order valence-electron chi connectivity index (χ4n) is 3.18. The first-order chi connectivity index (χ1) is 15.4. The molecule has 1 heterocycles. The Morgan fingerprint density at radius 2 is 1.59 bits per heavy atom. The van der Waals surface area contributed by atoms with Crippen LogP contribution >= 0.6 is 43.5 Å². The lowest BCUT2D eigenvalue weighted by Crippen LogP contribution is -2.30. The van der Waals surface area contributed by atoms with Gasteiger partial charge in [0, 0.05) is 5.02 Å². The number of rotatable bonds is 6. The summed E-state index contributed by atoms with van der Waals surface area (Å²) in [5, 5.41) is 3.32. The van der Waals surface area contributed by atoms with Crippen LogP contribution in [0.1, 0.15) is 16.7 Å². The van der Waals surface area contributed by atoms with E-state index in [1.807, 2.05) is 66.7 Å². The topological polar surface area (TPSA) is 58.6 Å². The summed E-state index contributed by atoms with van der Waals surface area (Å²) >= 11 is 13.0. The summed E-state index contributed by atoms with van der Waals surface area (Å²) < 4.78 is 7.36. The van der Waals surface area contributed by atoms with Crippen LogP contribution in [0.15, 0.2) is 81.4 Å². The largest absolute Gasteiger partial charge is 0.487 e. The van der Waals surface area contributed by atoms with Crippen LogP contribution in [0.3, 0.4) is 0 Å². The van der Waals surface area contributed by atoms with E-state index in [1.54, 1.807) is 6.08 Å². The quantitative estimate of drug-likeness (QED) is 0.268. The van der Waals surface area contributed by atoms with Gasteiger partial charge >= 0.3 is 6.03 Å². The average molecular weight is 577 g/mol. The van der Waals surface area contributed by atoms with E-state index in [9.17, 15) is 9.59 Å². The Balaban J connectivity index is 1.49. The Labute approximate surface area is 207 Å². The van der Waals surface area contributed by atoms with Gasteiger partial charge in [-0.15, -0.1) is 0 Å². The van der Waals surface area contributed by atoms with Crippen LogP contribution in [-0.2, 0) is 17.9 Å². The number of hydrogen-bond acceptors (Lipinski definition) is 3.